The fourth-order valence-corrected chi connectivity index (χ4v) is 2.15. The van der Waals surface area contributed by atoms with Gasteiger partial charge in [0.15, 0.2) is 12.6 Å². The quantitative estimate of drug-likeness (QED) is 0.178. The maximum absolute atomic E-state index is 11.6. The van der Waals surface area contributed by atoms with Crippen LogP contribution in [0.15, 0.2) is 29.3 Å². The Morgan fingerprint density at radius 2 is 1.97 bits per heavy atom. The number of halogens is 1. The van der Waals surface area contributed by atoms with Crippen LogP contribution >= 0.6 is 24.0 Å². The SMILES string of the molecule is CCNC(=NCc1cccc(OCC(=O)N(C)C)c1)NCCCOCCOC.I. The number of methoxy groups -OCH3 is 1. The van der Waals surface area contributed by atoms with Gasteiger partial charge in [-0.15, -0.1) is 24.0 Å². The van der Waals surface area contributed by atoms with Crippen molar-refractivity contribution in [2.45, 2.75) is 19.9 Å². The van der Waals surface area contributed by atoms with Crippen molar-refractivity contribution in [3.63, 3.8) is 0 Å². The van der Waals surface area contributed by atoms with Gasteiger partial charge in [-0.25, -0.2) is 4.99 Å². The molecular weight excluding hydrogens is 487 g/mol. The molecule has 29 heavy (non-hydrogen) atoms. The van der Waals surface area contributed by atoms with E-state index in [1.165, 1.54) is 4.90 Å². The molecular formula is C20H35IN4O4. The molecule has 1 rings (SSSR count). The molecule has 2 N–H and O–H groups in total. The molecule has 0 radical (unpaired) electrons. The monoisotopic (exact) mass is 522 g/mol. The number of nitrogens with zero attached hydrogens (tertiary/aromatic N) is 2. The molecule has 1 amide bonds. The van der Waals surface area contributed by atoms with Crippen molar-refractivity contribution in [3.05, 3.63) is 29.8 Å². The lowest BCUT2D eigenvalue weighted by atomic mass is 10.2. The number of carbonyl (C=O) groups excluding carboxylic acids is 1. The highest BCUT2D eigenvalue weighted by molar-refractivity contribution is 14.0. The Balaban J connectivity index is 0.00000784. The molecule has 0 aliphatic carbocycles. The van der Waals surface area contributed by atoms with Crippen LogP contribution in [-0.2, 0) is 20.8 Å². The first kappa shape index (κ1) is 27.4. The lowest BCUT2D eigenvalue weighted by Gasteiger charge is -2.13. The Labute approximate surface area is 191 Å². The van der Waals surface area contributed by atoms with Crippen LogP contribution in [0.1, 0.15) is 18.9 Å². The molecule has 9 heteroatoms. The van der Waals surface area contributed by atoms with E-state index in [2.05, 4.69) is 15.6 Å². The molecule has 0 atom stereocenters. The van der Waals surface area contributed by atoms with Crippen molar-refractivity contribution in [2.24, 2.45) is 4.99 Å². The highest BCUT2D eigenvalue weighted by atomic mass is 127. The number of aliphatic imine (C=N–C) groups is 1. The topological polar surface area (TPSA) is 84.4 Å². The molecule has 1 aromatic carbocycles. The van der Waals surface area contributed by atoms with Crippen LogP contribution in [0.25, 0.3) is 0 Å². The first-order valence-electron chi connectivity index (χ1n) is 9.57. The van der Waals surface area contributed by atoms with Gasteiger partial charge < -0.3 is 29.7 Å². The van der Waals surface area contributed by atoms with Gasteiger partial charge in [-0.2, -0.15) is 0 Å². The molecule has 8 nitrogen and oxygen atoms in total. The normalized spacial score (nSPS) is 10.8. The molecule has 0 heterocycles. The Hall–Kier alpha value is -1.59. The van der Waals surface area contributed by atoms with Crippen LogP contribution < -0.4 is 15.4 Å². The average molecular weight is 522 g/mol. The lowest BCUT2D eigenvalue weighted by molar-refractivity contribution is -0.130. The van der Waals surface area contributed by atoms with Crippen LogP contribution in [0.3, 0.4) is 0 Å². The summed E-state index contributed by atoms with van der Waals surface area (Å²) in [6.45, 7) is 6.03. The van der Waals surface area contributed by atoms with Crippen molar-refractivity contribution in [2.75, 3.05) is 60.7 Å². The molecule has 0 spiro atoms. The summed E-state index contributed by atoms with van der Waals surface area (Å²) in [6.07, 6.45) is 0.886. The number of benzene rings is 1. The first-order valence-corrected chi connectivity index (χ1v) is 9.57. The second-order valence-corrected chi connectivity index (χ2v) is 6.30. The molecule has 0 saturated heterocycles. The summed E-state index contributed by atoms with van der Waals surface area (Å²) in [6, 6.07) is 7.62. The Bertz CT molecular complexity index is 600. The zero-order valence-corrected chi connectivity index (χ0v) is 20.2. The van der Waals surface area contributed by atoms with Crippen LogP contribution in [0.5, 0.6) is 5.75 Å². The van der Waals surface area contributed by atoms with Gasteiger partial charge in [-0.05, 0) is 31.0 Å². The van der Waals surface area contributed by atoms with E-state index in [1.54, 1.807) is 21.2 Å². The molecule has 0 bridgehead atoms. The molecule has 0 aliphatic heterocycles. The van der Waals surface area contributed by atoms with Crippen molar-refractivity contribution < 1.29 is 19.0 Å². The minimum Gasteiger partial charge on any atom is -0.484 e. The summed E-state index contributed by atoms with van der Waals surface area (Å²) in [7, 11) is 5.07. The predicted octanol–water partition coefficient (Wildman–Crippen LogP) is 1.88. The zero-order chi connectivity index (χ0) is 20.6. The van der Waals surface area contributed by atoms with E-state index in [9.17, 15) is 4.79 Å². The van der Waals surface area contributed by atoms with E-state index in [0.29, 0.717) is 32.1 Å². The average Bonchev–Trinajstić information content (AvgIpc) is 2.69. The zero-order valence-electron chi connectivity index (χ0n) is 17.9. The number of hydrogen-bond donors (Lipinski definition) is 2. The van der Waals surface area contributed by atoms with Crippen molar-refractivity contribution in [3.8, 4) is 5.75 Å². The molecule has 0 unspecified atom stereocenters. The van der Waals surface area contributed by atoms with Gasteiger partial charge in [-0.1, -0.05) is 12.1 Å². The first-order chi connectivity index (χ1) is 13.6. The second kappa shape index (κ2) is 17.3. The summed E-state index contributed by atoms with van der Waals surface area (Å²) in [5.41, 5.74) is 1.01. The largest absolute Gasteiger partial charge is 0.484 e. The predicted molar refractivity (Wildman–Crippen MR) is 126 cm³/mol. The maximum Gasteiger partial charge on any atom is 0.259 e. The molecule has 166 valence electrons. The minimum atomic E-state index is -0.0757. The Kier molecular flexibility index (Phi) is 16.3. The minimum absolute atomic E-state index is 0. The third-order valence-corrected chi connectivity index (χ3v) is 3.71. The van der Waals surface area contributed by atoms with Crippen molar-refractivity contribution in [1.82, 2.24) is 15.5 Å². The number of likely N-dealkylation sites (N-methyl/N-ethyl adjacent to an activating group) is 1. The molecule has 0 aromatic heterocycles. The van der Waals surface area contributed by atoms with E-state index in [0.717, 1.165) is 31.0 Å². The van der Waals surface area contributed by atoms with E-state index < -0.39 is 0 Å². The van der Waals surface area contributed by atoms with Gasteiger partial charge in [0.25, 0.3) is 5.91 Å². The van der Waals surface area contributed by atoms with E-state index in [4.69, 9.17) is 14.2 Å². The number of rotatable bonds is 13. The van der Waals surface area contributed by atoms with Crippen LogP contribution in [0, 0.1) is 0 Å². The summed E-state index contributed by atoms with van der Waals surface area (Å²) < 4.78 is 15.9. The summed E-state index contributed by atoms with van der Waals surface area (Å²) >= 11 is 0. The third kappa shape index (κ3) is 13.3. The summed E-state index contributed by atoms with van der Waals surface area (Å²) in [4.78, 5) is 17.7. The lowest BCUT2D eigenvalue weighted by Crippen LogP contribution is -2.38. The number of nitrogens with one attached hydrogen (secondary N) is 2. The van der Waals surface area contributed by atoms with E-state index in [-0.39, 0.29) is 36.5 Å². The number of ether oxygens (including phenoxy) is 3. The standard InChI is InChI=1S/C20H34N4O4.HI/c1-5-21-20(22-10-7-11-27-13-12-26-4)23-15-17-8-6-9-18(14-17)28-16-19(25)24(2)3;/h6,8-9,14H,5,7,10-13,15-16H2,1-4H3,(H2,21,22,23);1H. The van der Waals surface area contributed by atoms with Crippen LogP contribution in [-0.4, -0.2) is 77.5 Å². The van der Waals surface area contributed by atoms with Gasteiger partial charge in [0.05, 0.1) is 19.8 Å². The number of hydrogen-bond acceptors (Lipinski definition) is 5. The van der Waals surface area contributed by atoms with Crippen molar-refractivity contribution >= 4 is 35.8 Å². The van der Waals surface area contributed by atoms with Crippen LogP contribution in [0.2, 0.25) is 0 Å². The number of carbonyl (C=O) groups is 1. The third-order valence-electron chi connectivity index (χ3n) is 3.71. The number of amides is 1. The smallest absolute Gasteiger partial charge is 0.259 e. The van der Waals surface area contributed by atoms with Gasteiger partial charge >= 0.3 is 0 Å². The molecule has 1 aromatic rings. The maximum atomic E-state index is 11.6. The van der Waals surface area contributed by atoms with Gasteiger partial charge in [0, 0.05) is 40.9 Å². The fourth-order valence-electron chi connectivity index (χ4n) is 2.15. The molecule has 0 aliphatic rings. The van der Waals surface area contributed by atoms with Crippen molar-refractivity contribution in [1.29, 1.82) is 0 Å². The molecule has 0 saturated carbocycles. The summed E-state index contributed by atoms with van der Waals surface area (Å²) in [5, 5.41) is 6.52. The van der Waals surface area contributed by atoms with Crippen LogP contribution in [0.4, 0.5) is 0 Å². The van der Waals surface area contributed by atoms with E-state index >= 15 is 0 Å². The molecule has 0 fully saturated rings. The highest BCUT2D eigenvalue weighted by Crippen LogP contribution is 2.14. The summed E-state index contributed by atoms with van der Waals surface area (Å²) in [5.74, 6) is 1.34. The highest BCUT2D eigenvalue weighted by Gasteiger charge is 2.05. The van der Waals surface area contributed by atoms with Gasteiger partial charge in [0.2, 0.25) is 0 Å². The second-order valence-electron chi connectivity index (χ2n) is 6.30. The van der Waals surface area contributed by atoms with E-state index in [1.807, 2.05) is 31.2 Å². The fraction of sp³-hybridized carbons (Fsp3) is 0.600. The van der Waals surface area contributed by atoms with Gasteiger partial charge in [-0.3, -0.25) is 4.79 Å². The Morgan fingerprint density at radius 3 is 2.66 bits per heavy atom. The van der Waals surface area contributed by atoms with Gasteiger partial charge in [0.1, 0.15) is 5.75 Å². The Morgan fingerprint density at radius 1 is 1.17 bits per heavy atom. The number of guanidine groups is 1.